The molecule has 3 amide bonds. The number of para-hydroxylation sites is 1. The van der Waals surface area contributed by atoms with E-state index in [0.29, 0.717) is 13.1 Å². The molecule has 2 heterocycles. The minimum absolute atomic E-state index is 0.148. The molecule has 2 aromatic carbocycles. The number of likely N-dealkylation sites (N-methyl/N-ethyl adjacent to an activating group) is 1. The van der Waals surface area contributed by atoms with Crippen LogP contribution in [-0.4, -0.2) is 78.5 Å². The van der Waals surface area contributed by atoms with Crippen molar-refractivity contribution in [2.75, 3.05) is 39.8 Å². The lowest BCUT2D eigenvalue weighted by Crippen LogP contribution is -2.47. The van der Waals surface area contributed by atoms with E-state index in [4.69, 9.17) is 9.15 Å². The second-order valence-electron chi connectivity index (χ2n) is 10.5. The second kappa shape index (κ2) is 14.0. The Kier molecular flexibility index (Phi) is 10.2. The molecule has 0 aliphatic carbocycles. The van der Waals surface area contributed by atoms with Crippen molar-refractivity contribution in [2.24, 2.45) is 0 Å². The number of benzene rings is 2. The highest BCUT2D eigenvalue weighted by Gasteiger charge is 2.21. The van der Waals surface area contributed by atoms with Crippen LogP contribution in [0.4, 0.5) is 0 Å². The first-order valence-electron chi connectivity index (χ1n) is 14.3. The molecule has 10 heteroatoms. The number of nitrogens with zero attached hydrogens (tertiary/aromatic N) is 2. The Morgan fingerprint density at radius 2 is 1.78 bits per heavy atom. The number of hydrogen-bond acceptors (Lipinski definition) is 7. The van der Waals surface area contributed by atoms with Gasteiger partial charge in [-0.3, -0.25) is 19.3 Å². The normalized spacial score (nSPS) is 19.0. The third-order valence-corrected chi connectivity index (χ3v) is 7.29. The van der Waals surface area contributed by atoms with Crippen LogP contribution in [0.2, 0.25) is 0 Å². The van der Waals surface area contributed by atoms with Gasteiger partial charge in [0.15, 0.2) is 6.61 Å². The standard InChI is InChI=1S/C31H40N4O6/c1-4-27-26(25-10-5-6-11-28(25)41-27)19-35-14-8-7-13-34(3)31(39)21(2)33-29(37)20-40-24-17-22(16-23(36)18-24)30(38)32-12-9-15-35/h5-6,10-11,16-18,21,36H,4,7-9,12-15,19-20H2,1-3H3,(H,32,38)(H,33,37)/t21-/m0/s1. The maximum atomic E-state index is 12.8. The molecule has 41 heavy (non-hydrogen) atoms. The fourth-order valence-corrected chi connectivity index (χ4v) is 5.13. The van der Waals surface area contributed by atoms with Crippen LogP contribution >= 0.6 is 0 Å². The minimum atomic E-state index is -0.717. The maximum absolute atomic E-state index is 12.8. The van der Waals surface area contributed by atoms with Gasteiger partial charge in [0.2, 0.25) is 5.91 Å². The van der Waals surface area contributed by atoms with Crippen LogP contribution in [0.5, 0.6) is 11.5 Å². The molecule has 0 unspecified atom stereocenters. The van der Waals surface area contributed by atoms with E-state index in [1.165, 1.54) is 23.8 Å². The second-order valence-corrected chi connectivity index (χ2v) is 10.5. The van der Waals surface area contributed by atoms with Gasteiger partial charge in [-0.2, -0.15) is 0 Å². The summed E-state index contributed by atoms with van der Waals surface area (Å²) < 4.78 is 11.6. The van der Waals surface area contributed by atoms with Crippen LogP contribution in [0.1, 0.15) is 54.8 Å². The fraction of sp³-hybridized carbons (Fsp3) is 0.452. The van der Waals surface area contributed by atoms with Gasteiger partial charge < -0.3 is 29.8 Å². The summed E-state index contributed by atoms with van der Waals surface area (Å²) >= 11 is 0. The number of carbonyl (C=O) groups is 3. The molecular weight excluding hydrogens is 524 g/mol. The van der Waals surface area contributed by atoms with Gasteiger partial charge in [0, 0.05) is 62.2 Å². The zero-order valence-corrected chi connectivity index (χ0v) is 24.1. The number of carbonyl (C=O) groups excluding carboxylic acids is 3. The molecule has 0 radical (unpaired) electrons. The van der Waals surface area contributed by atoms with Crippen LogP contribution in [0, 0.1) is 0 Å². The zero-order valence-electron chi connectivity index (χ0n) is 24.1. The van der Waals surface area contributed by atoms with Crippen molar-refractivity contribution in [3.63, 3.8) is 0 Å². The number of phenols is 1. The maximum Gasteiger partial charge on any atom is 0.258 e. The third-order valence-electron chi connectivity index (χ3n) is 7.29. The van der Waals surface area contributed by atoms with Crippen molar-refractivity contribution in [3.8, 4) is 11.5 Å². The molecule has 3 aromatic rings. The predicted molar refractivity (Wildman–Crippen MR) is 156 cm³/mol. The lowest BCUT2D eigenvalue weighted by Gasteiger charge is -2.25. The van der Waals surface area contributed by atoms with E-state index in [0.717, 1.165) is 62.0 Å². The van der Waals surface area contributed by atoms with Crippen molar-refractivity contribution < 1.29 is 28.6 Å². The molecule has 0 saturated heterocycles. The van der Waals surface area contributed by atoms with Crippen LogP contribution in [0.25, 0.3) is 11.0 Å². The molecule has 3 N–H and O–H groups in total. The Morgan fingerprint density at radius 1 is 1.02 bits per heavy atom. The van der Waals surface area contributed by atoms with Gasteiger partial charge in [0.25, 0.3) is 11.8 Å². The van der Waals surface area contributed by atoms with E-state index < -0.39 is 11.9 Å². The number of nitrogens with one attached hydrogen (secondary N) is 2. The summed E-state index contributed by atoms with van der Waals surface area (Å²) in [5.41, 5.74) is 2.30. The molecule has 1 aromatic heterocycles. The molecular formula is C31H40N4O6. The summed E-state index contributed by atoms with van der Waals surface area (Å²) in [6.45, 7) is 6.70. The van der Waals surface area contributed by atoms with Crippen molar-refractivity contribution >= 4 is 28.7 Å². The Morgan fingerprint density at radius 3 is 2.59 bits per heavy atom. The number of amides is 3. The molecule has 0 fully saturated rings. The number of aromatic hydroxyl groups is 1. The number of fused-ring (bicyclic) bond motifs is 3. The Bertz CT molecular complexity index is 1370. The topological polar surface area (TPSA) is 124 Å². The van der Waals surface area contributed by atoms with E-state index in [1.54, 1.807) is 18.9 Å². The highest BCUT2D eigenvalue weighted by molar-refractivity contribution is 5.95. The Hall–Kier alpha value is -4.05. The van der Waals surface area contributed by atoms with E-state index in [-0.39, 0.29) is 35.5 Å². The first-order chi connectivity index (χ1) is 19.7. The van der Waals surface area contributed by atoms with Gasteiger partial charge in [0.1, 0.15) is 28.9 Å². The number of furan rings is 1. The molecule has 1 aliphatic rings. The largest absolute Gasteiger partial charge is 0.508 e. The van der Waals surface area contributed by atoms with Gasteiger partial charge in [0.05, 0.1) is 0 Å². The zero-order chi connectivity index (χ0) is 29.4. The first-order valence-corrected chi connectivity index (χ1v) is 14.3. The third kappa shape index (κ3) is 8.00. The summed E-state index contributed by atoms with van der Waals surface area (Å²) in [6, 6.07) is 11.5. The Labute approximate surface area is 240 Å². The van der Waals surface area contributed by atoms with E-state index in [2.05, 4.69) is 28.5 Å². The van der Waals surface area contributed by atoms with Gasteiger partial charge in [-0.15, -0.1) is 0 Å². The van der Waals surface area contributed by atoms with Crippen LogP contribution in [-0.2, 0) is 22.6 Å². The number of phenolic OH excluding ortho intramolecular Hbond substituents is 1. The van der Waals surface area contributed by atoms with E-state index in [9.17, 15) is 19.5 Å². The number of aryl methyl sites for hydroxylation is 1. The summed E-state index contributed by atoms with van der Waals surface area (Å²) in [6.07, 6.45) is 3.21. The summed E-state index contributed by atoms with van der Waals surface area (Å²) in [7, 11) is 1.74. The van der Waals surface area contributed by atoms with Crippen molar-refractivity contribution in [2.45, 2.75) is 52.1 Å². The summed E-state index contributed by atoms with van der Waals surface area (Å²) in [5, 5.41) is 16.8. The molecule has 4 rings (SSSR count). The van der Waals surface area contributed by atoms with Gasteiger partial charge in [-0.05, 0) is 50.9 Å². The SMILES string of the molecule is CCc1oc2ccccc2c1CN1CCCCN(C)C(=O)[C@H](C)NC(=O)COc2cc(O)cc(c2)C(=O)NCCC1. The number of hydrogen-bond donors (Lipinski definition) is 3. The van der Waals surface area contributed by atoms with Crippen LogP contribution in [0.15, 0.2) is 46.9 Å². The lowest BCUT2D eigenvalue weighted by atomic mass is 10.1. The first kappa shape index (κ1) is 29.9. The van der Waals surface area contributed by atoms with E-state index >= 15 is 0 Å². The van der Waals surface area contributed by atoms with Crippen molar-refractivity contribution in [1.29, 1.82) is 0 Å². The Balaban J connectivity index is 1.51. The lowest BCUT2D eigenvalue weighted by molar-refractivity contribution is -0.135. The molecule has 220 valence electrons. The van der Waals surface area contributed by atoms with Crippen molar-refractivity contribution in [1.82, 2.24) is 20.4 Å². The number of ether oxygens (including phenoxy) is 1. The molecule has 0 spiro atoms. The summed E-state index contributed by atoms with van der Waals surface area (Å²) in [4.78, 5) is 42.1. The van der Waals surface area contributed by atoms with Gasteiger partial charge in [-0.1, -0.05) is 25.1 Å². The van der Waals surface area contributed by atoms with Crippen LogP contribution in [0.3, 0.4) is 0 Å². The van der Waals surface area contributed by atoms with Crippen LogP contribution < -0.4 is 15.4 Å². The predicted octanol–water partition coefficient (Wildman–Crippen LogP) is 3.46. The minimum Gasteiger partial charge on any atom is -0.508 e. The molecule has 1 atom stereocenters. The molecule has 2 bridgehead atoms. The highest BCUT2D eigenvalue weighted by atomic mass is 16.5. The summed E-state index contributed by atoms with van der Waals surface area (Å²) in [5.74, 6) is 0.0172. The average Bonchev–Trinajstić information content (AvgIpc) is 3.32. The van der Waals surface area contributed by atoms with Gasteiger partial charge in [-0.25, -0.2) is 0 Å². The fourth-order valence-electron chi connectivity index (χ4n) is 5.13. The molecule has 10 nitrogen and oxygen atoms in total. The van der Waals surface area contributed by atoms with Gasteiger partial charge >= 0.3 is 0 Å². The average molecular weight is 565 g/mol. The quantitative estimate of drug-likeness (QED) is 0.445. The van der Waals surface area contributed by atoms with Crippen molar-refractivity contribution in [3.05, 3.63) is 59.4 Å². The number of rotatable bonds is 3. The molecule has 1 aliphatic heterocycles. The molecule has 0 saturated carbocycles. The monoisotopic (exact) mass is 564 g/mol. The highest BCUT2D eigenvalue weighted by Crippen LogP contribution is 2.28. The van der Waals surface area contributed by atoms with E-state index in [1.807, 2.05) is 18.2 Å². The smallest absolute Gasteiger partial charge is 0.258 e.